The molecule has 8 heteroatoms. The fraction of sp³-hybridized carbons (Fsp3) is 0.478. The Hall–Kier alpha value is -3.16. The van der Waals surface area contributed by atoms with Gasteiger partial charge in [-0.05, 0) is 50.2 Å². The summed E-state index contributed by atoms with van der Waals surface area (Å²) in [6.45, 7) is 2.53. The third-order valence-electron chi connectivity index (χ3n) is 6.44. The second kappa shape index (κ2) is 8.17. The fourth-order valence-electron chi connectivity index (χ4n) is 4.86. The largest absolute Gasteiger partial charge is 0.346 e. The molecule has 1 aliphatic carbocycles. The molecule has 1 amide bonds. The average Bonchev–Trinajstić information content (AvgIpc) is 3.16. The van der Waals surface area contributed by atoms with Crippen LogP contribution in [0.15, 0.2) is 35.3 Å². The van der Waals surface area contributed by atoms with Crippen LogP contribution in [0.5, 0.6) is 0 Å². The zero-order valence-corrected chi connectivity index (χ0v) is 17.9. The molecule has 1 aliphatic heterocycles. The quantitative estimate of drug-likeness (QED) is 0.703. The molecule has 31 heavy (non-hydrogen) atoms. The van der Waals surface area contributed by atoms with Crippen molar-refractivity contribution in [3.63, 3.8) is 0 Å². The van der Waals surface area contributed by atoms with Crippen LogP contribution in [0.1, 0.15) is 60.7 Å². The van der Waals surface area contributed by atoms with E-state index in [0.717, 1.165) is 56.3 Å². The van der Waals surface area contributed by atoms with Crippen molar-refractivity contribution in [1.82, 2.24) is 24.1 Å². The topological polar surface area (TPSA) is 86.7 Å². The molecule has 5 rings (SSSR count). The van der Waals surface area contributed by atoms with E-state index in [1.54, 1.807) is 10.8 Å². The lowest BCUT2D eigenvalue weighted by atomic mass is 9.88. The number of amides is 1. The molecule has 3 aromatic rings. The summed E-state index contributed by atoms with van der Waals surface area (Å²) in [6, 6.07) is 8.55. The van der Waals surface area contributed by atoms with Gasteiger partial charge in [0.25, 0.3) is 0 Å². The van der Waals surface area contributed by atoms with Gasteiger partial charge in [-0.1, -0.05) is 30.7 Å². The van der Waals surface area contributed by atoms with Gasteiger partial charge in [0.1, 0.15) is 18.2 Å². The zero-order valence-electron chi connectivity index (χ0n) is 17.9. The number of nitrogens with one attached hydrogen (secondary N) is 1. The van der Waals surface area contributed by atoms with Crippen LogP contribution in [0.2, 0.25) is 0 Å². The van der Waals surface area contributed by atoms with E-state index < -0.39 is 0 Å². The molecule has 1 N–H and O–H groups in total. The number of fused-ring (bicyclic) bond motifs is 2. The van der Waals surface area contributed by atoms with Gasteiger partial charge in [0.05, 0.1) is 12.2 Å². The molecule has 1 atom stereocenters. The van der Waals surface area contributed by atoms with Gasteiger partial charge < -0.3 is 5.32 Å². The van der Waals surface area contributed by atoms with Crippen LogP contribution in [0.25, 0.3) is 0 Å². The summed E-state index contributed by atoms with van der Waals surface area (Å²) < 4.78 is 4.94. The number of hydrogen-bond acceptors (Lipinski definition) is 4. The smallest absolute Gasteiger partial charge is 0.309 e. The normalized spacial score (nSPS) is 18.2. The van der Waals surface area contributed by atoms with Gasteiger partial charge in [-0.15, -0.1) is 0 Å². The maximum absolute atomic E-state index is 12.9. The number of aryl methyl sites for hydroxylation is 3. The molecule has 8 nitrogen and oxygen atoms in total. The van der Waals surface area contributed by atoms with Crippen LogP contribution in [0.3, 0.4) is 0 Å². The van der Waals surface area contributed by atoms with Gasteiger partial charge in [0.15, 0.2) is 0 Å². The van der Waals surface area contributed by atoms with E-state index in [2.05, 4.69) is 39.8 Å². The Labute approximate surface area is 180 Å². The second-order valence-electron chi connectivity index (χ2n) is 8.59. The Morgan fingerprint density at radius 3 is 2.94 bits per heavy atom. The SMILES string of the molecule is Cc1cnn(C2CCCc3ccccc32)c1NC(=O)Cn1nc2n(c1=O)CCCCC2. The molecular weight excluding hydrogens is 392 g/mol. The van der Waals surface area contributed by atoms with Crippen LogP contribution < -0.4 is 11.0 Å². The molecule has 162 valence electrons. The van der Waals surface area contributed by atoms with Crippen molar-refractivity contribution in [2.45, 2.75) is 71.0 Å². The highest BCUT2D eigenvalue weighted by molar-refractivity contribution is 5.90. The van der Waals surface area contributed by atoms with E-state index in [1.807, 2.05) is 11.6 Å². The maximum atomic E-state index is 12.9. The first-order valence-corrected chi connectivity index (χ1v) is 11.2. The Bertz CT molecular complexity index is 1170. The first-order chi connectivity index (χ1) is 15.1. The maximum Gasteiger partial charge on any atom is 0.346 e. The third-order valence-corrected chi connectivity index (χ3v) is 6.44. The van der Waals surface area contributed by atoms with Crippen LogP contribution >= 0.6 is 0 Å². The highest BCUT2D eigenvalue weighted by atomic mass is 16.2. The van der Waals surface area contributed by atoms with Crippen molar-refractivity contribution < 1.29 is 4.79 Å². The molecule has 3 heterocycles. The summed E-state index contributed by atoms with van der Waals surface area (Å²) >= 11 is 0. The fourth-order valence-corrected chi connectivity index (χ4v) is 4.86. The highest BCUT2D eigenvalue weighted by Gasteiger charge is 2.26. The number of nitrogens with zero attached hydrogens (tertiary/aromatic N) is 5. The van der Waals surface area contributed by atoms with Gasteiger partial charge in [-0.25, -0.2) is 14.2 Å². The zero-order chi connectivity index (χ0) is 21.4. The summed E-state index contributed by atoms with van der Waals surface area (Å²) in [5.41, 5.74) is 3.32. The first kappa shape index (κ1) is 19.8. The summed E-state index contributed by atoms with van der Waals surface area (Å²) in [4.78, 5) is 25.6. The molecule has 0 saturated carbocycles. The third kappa shape index (κ3) is 3.71. The minimum absolute atomic E-state index is 0.0926. The Kier molecular flexibility index (Phi) is 5.21. The molecular formula is C23H28N6O2. The molecule has 0 spiro atoms. The Morgan fingerprint density at radius 1 is 1.16 bits per heavy atom. The molecule has 1 aromatic carbocycles. The number of aromatic nitrogens is 5. The number of hydrogen-bond donors (Lipinski definition) is 1. The molecule has 2 aliphatic rings. The minimum atomic E-state index is -0.260. The number of carbonyl (C=O) groups excluding carboxylic acids is 1. The first-order valence-electron chi connectivity index (χ1n) is 11.2. The summed E-state index contributed by atoms with van der Waals surface area (Å²) in [5.74, 6) is 1.22. The van der Waals surface area contributed by atoms with E-state index in [1.165, 1.54) is 15.8 Å². The highest BCUT2D eigenvalue weighted by Crippen LogP contribution is 2.35. The predicted molar refractivity (Wildman–Crippen MR) is 117 cm³/mol. The van der Waals surface area contributed by atoms with Crippen LogP contribution in [0, 0.1) is 6.92 Å². The van der Waals surface area contributed by atoms with E-state index in [9.17, 15) is 9.59 Å². The molecule has 0 radical (unpaired) electrons. The van der Waals surface area contributed by atoms with Crippen LogP contribution in [-0.4, -0.2) is 30.0 Å². The summed E-state index contributed by atoms with van der Waals surface area (Å²) in [6.07, 6.45) is 8.84. The van der Waals surface area contributed by atoms with Crippen LogP contribution in [-0.2, 0) is 30.7 Å². The van der Waals surface area contributed by atoms with Crippen LogP contribution in [0.4, 0.5) is 5.82 Å². The standard InChI is InChI=1S/C23H28N6O2/c1-16-14-24-29(19-11-7-9-17-8-4-5-10-18(17)19)22(16)25-21(30)15-28-23(31)27-13-6-2-3-12-20(27)26-28/h4-5,8,10,14,19H,2-3,6-7,9,11-13,15H2,1H3,(H,25,30). The van der Waals surface area contributed by atoms with E-state index in [-0.39, 0.29) is 24.2 Å². The predicted octanol–water partition coefficient (Wildman–Crippen LogP) is 2.84. The molecule has 1 unspecified atom stereocenters. The van der Waals surface area contributed by atoms with Crippen molar-refractivity contribution in [2.24, 2.45) is 0 Å². The number of carbonyl (C=O) groups is 1. The molecule has 0 saturated heterocycles. The van der Waals surface area contributed by atoms with Gasteiger partial charge in [-0.3, -0.25) is 9.36 Å². The lowest BCUT2D eigenvalue weighted by molar-refractivity contribution is -0.117. The molecule has 0 bridgehead atoms. The lowest BCUT2D eigenvalue weighted by Gasteiger charge is -2.27. The summed E-state index contributed by atoms with van der Waals surface area (Å²) in [5, 5.41) is 12.0. The Balaban J connectivity index is 1.38. The number of anilines is 1. The van der Waals surface area contributed by atoms with Gasteiger partial charge >= 0.3 is 5.69 Å². The van der Waals surface area contributed by atoms with E-state index in [4.69, 9.17) is 0 Å². The number of rotatable bonds is 4. The molecule has 0 fully saturated rings. The van der Waals surface area contributed by atoms with Crippen molar-refractivity contribution in [3.05, 3.63) is 63.5 Å². The molecule has 2 aromatic heterocycles. The minimum Gasteiger partial charge on any atom is -0.309 e. The summed E-state index contributed by atoms with van der Waals surface area (Å²) in [7, 11) is 0. The van der Waals surface area contributed by atoms with E-state index in [0.29, 0.717) is 12.4 Å². The van der Waals surface area contributed by atoms with Crippen molar-refractivity contribution in [3.8, 4) is 0 Å². The van der Waals surface area contributed by atoms with Crippen molar-refractivity contribution in [2.75, 3.05) is 5.32 Å². The Morgan fingerprint density at radius 2 is 2.03 bits per heavy atom. The average molecular weight is 421 g/mol. The number of benzene rings is 1. The van der Waals surface area contributed by atoms with Crippen molar-refractivity contribution >= 4 is 11.7 Å². The lowest BCUT2D eigenvalue weighted by Crippen LogP contribution is -2.31. The van der Waals surface area contributed by atoms with Gasteiger partial charge in [-0.2, -0.15) is 10.2 Å². The van der Waals surface area contributed by atoms with Crippen molar-refractivity contribution in [1.29, 1.82) is 0 Å². The van der Waals surface area contributed by atoms with E-state index >= 15 is 0 Å². The monoisotopic (exact) mass is 420 g/mol. The van der Waals surface area contributed by atoms with Gasteiger partial charge in [0.2, 0.25) is 5.91 Å². The van der Waals surface area contributed by atoms with Gasteiger partial charge in [0, 0.05) is 18.5 Å². The second-order valence-corrected chi connectivity index (χ2v) is 8.59.